The van der Waals surface area contributed by atoms with E-state index in [9.17, 15) is 4.39 Å². The first-order valence-electron chi connectivity index (χ1n) is 8.67. The molecule has 6 heteroatoms. The van der Waals surface area contributed by atoms with Gasteiger partial charge in [0.05, 0.1) is 18.7 Å². The van der Waals surface area contributed by atoms with Gasteiger partial charge in [0.15, 0.2) is 0 Å². The number of fused-ring (bicyclic) bond motifs is 1. The fourth-order valence-electron chi connectivity index (χ4n) is 3.33. The van der Waals surface area contributed by atoms with Crippen LogP contribution >= 0.6 is 0 Å². The second-order valence-corrected chi connectivity index (χ2v) is 6.72. The van der Waals surface area contributed by atoms with Crippen molar-refractivity contribution in [3.05, 3.63) is 59.9 Å². The predicted molar refractivity (Wildman–Crippen MR) is 105 cm³/mol. The summed E-state index contributed by atoms with van der Waals surface area (Å²) < 4.78 is 19.6. The highest BCUT2D eigenvalue weighted by Crippen LogP contribution is 2.34. The van der Waals surface area contributed by atoms with E-state index < -0.39 is 0 Å². The molecule has 1 unspecified atom stereocenters. The molecule has 0 aliphatic heterocycles. The molecular formula is C21H22FN3O2. The van der Waals surface area contributed by atoms with Gasteiger partial charge >= 0.3 is 0 Å². The molecule has 3 rings (SSSR count). The van der Waals surface area contributed by atoms with Gasteiger partial charge in [0.2, 0.25) is 5.88 Å². The summed E-state index contributed by atoms with van der Waals surface area (Å²) in [6, 6.07) is 14.2. The van der Waals surface area contributed by atoms with Crippen LogP contribution in [0.3, 0.4) is 0 Å². The number of ether oxygens (including phenoxy) is 1. The molecule has 140 valence electrons. The van der Waals surface area contributed by atoms with Crippen LogP contribution in [-0.2, 0) is 0 Å². The maximum Gasteiger partial charge on any atom is 0.217 e. The van der Waals surface area contributed by atoms with E-state index in [-0.39, 0.29) is 23.5 Å². The topological polar surface area (TPSA) is 80.7 Å². The third-order valence-corrected chi connectivity index (χ3v) is 4.64. The molecule has 1 aromatic heterocycles. The highest BCUT2D eigenvalue weighted by atomic mass is 19.1. The van der Waals surface area contributed by atoms with E-state index in [2.05, 4.69) is 10.1 Å². The van der Waals surface area contributed by atoms with E-state index in [0.717, 1.165) is 16.5 Å². The van der Waals surface area contributed by atoms with E-state index in [1.807, 2.05) is 44.2 Å². The van der Waals surface area contributed by atoms with E-state index in [0.29, 0.717) is 17.0 Å². The standard InChI is InChI=1S/C21H22FN3O2/c1-12(2)19(20(23)25-26)15-9-10-18(24-21(15)27-3)14-8-7-13-5-4-6-17(22)16(13)11-14/h4-12,19,26H,1-3H3,(H2,23,25). The second kappa shape index (κ2) is 7.61. The van der Waals surface area contributed by atoms with Crippen molar-refractivity contribution in [2.45, 2.75) is 19.8 Å². The first kappa shape index (κ1) is 18.6. The summed E-state index contributed by atoms with van der Waals surface area (Å²) in [5.74, 6) is -0.0282. The maximum absolute atomic E-state index is 14.1. The van der Waals surface area contributed by atoms with Gasteiger partial charge in [-0.05, 0) is 29.5 Å². The van der Waals surface area contributed by atoms with Crippen LogP contribution in [0.5, 0.6) is 5.88 Å². The van der Waals surface area contributed by atoms with E-state index in [1.54, 1.807) is 12.1 Å². The molecule has 0 saturated heterocycles. The van der Waals surface area contributed by atoms with Gasteiger partial charge in [-0.3, -0.25) is 0 Å². The molecule has 1 heterocycles. The number of nitrogens with two attached hydrogens (primary N) is 1. The number of hydrogen-bond donors (Lipinski definition) is 2. The van der Waals surface area contributed by atoms with Crippen molar-refractivity contribution < 1.29 is 14.3 Å². The highest BCUT2D eigenvalue weighted by molar-refractivity contribution is 5.89. The monoisotopic (exact) mass is 367 g/mol. The third kappa shape index (κ3) is 3.56. The SMILES string of the molecule is COc1nc(-c2ccc3cccc(F)c3c2)ccc1C(C(N)=NO)C(C)C. The van der Waals surface area contributed by atoms with Crippen LogP contribution in [0.1, 0.15) is 25.3 Å². The fourth-order valence-corrected chi connectivity index (χ4v) is 3.33. The largest absolute Gasteiger partial charge is 0.481 e. The zero-order valence-electron chi connectivity index (χ0n) is 15.5. The molecular weight excluding hydrogens is 345 g/mol. The Morgan fingerprint density at radius 3 is 2.63 bits per heavy atom. The molecule has 0 aliphatic carbocycles. The summed E-state index contributed by atoms with van der Waals surface area (Å²) in [5.41, 5.74) is 8.05. The molecule has 0 spiro atoms. The summed E-state index contributed by atoms with van der Waals surface area (Å²) >= 11 is 0. The molecule has 0 bridgehead atoms. The lowest BCUT2D eigenvalue weighted by molar-refractivity contribution is 0.313. The van der Waals surface area contributed by atoms with Crippen molar-refractivity contribution in [1.82, 2.24) is 4.98 Å². The first-order valence-corrected chi connectivity index (χ1v) is 8.67. The van der Waals surface area contributed by atoms with E-state index in [4.69, 9.17) is 15.7 Å². The van der Waals surface area contributed by atoms with Crippen LogP contribution in [0.2, 0.25) is 0 Å². The zero-order valence-corrected chi connectivity index (χ0v) is 15.5. The van der Waals surface area contributed by atoms with Crippen molar-refractivity contribution in [3.63, 3.8) is 0 Å². The molecule has 27 heavy (non-hydrogen) atoms. The Bertz CT molecular complexity index is 1000. The first-order chi connectivity index (χ1) is 13.0. The quantitative estimate of drug-likeness (QED) is 0.300. The lowest BCUT2D eigenvalue weighted by Crippen LogP contribution is -2.26. The van der Waals surface area contributed by atoms with Gasteiger partial charge < -0.3 is 15.7 Å². The number of nitrogens with zero attached hydrogens (tertiary/aromatic N) is 2. The zero-order chi connectivity index (χ0) is 19.6. The van der Waals surface area contributed by atoms with Crippen molar-refractivity contribution >= 4 is 16.6 Å². The van der Waals surface area contributed by atoms with Crippen molar-refractivity contribution in [1.29, 1.82) is 0 Å². The van der Waals surface area contributed by atoms with Crippen LogP contribution in [-0.4, -0.2) is 23.1 Å². The molecule has 0 fully saturated rings. The lowest BCUT2D eigenvalue weighted by atomic mass is 9.87. The number of aromatic nitrogens is 1. The minimum Gasteiger partial charge on any atom is -0.481 e. The van der Waals surface area contributed by atoms with Crippen LogP contribution < -0.4 is 10.5 Å². The number of amidine groups is 1. The average Bonchev–Trinajstić information content (AvgIpc) is 2.68. The molecule has 5 nitrogen and oxygen atoms in total. The summed E-state index contributed by atoms with van der Waals surface area (Å²) in [6.45, 7) is 3.95. The molecule has 3 N–H and O–H groups in total. The summed E-state index contributed by atoms with van der Waals surface area (Å²) in [7, 11) is 1.53. The Hall–Kier alpha value is -3.15. The average molecular weight is 367 g/mol. The van der Waals surface area contributed by atoms with Crippen LogP contribution in [0, 0.1) is 11.7 Å². The highest BCUT2D eigenvalue weighted by Gasteiger charge is 2.25. The van der Waals surface area contributed by atoms with Gasteiger partial charge in [-0.1, -0.05) is 49.3 Å². The van der Waals surface area contributed by atoms with Gasteiger partial charge in [0, 0.05) is 16.5 Å². The Morgan fingerprint density at radius 2 is 1.96 bits per heavy atom. The van der Waals surface area contributed by atoms with E-state index >= 15 is 0 Å². The van der Waals surface area contributed by atoms with Crippen LogP contribution in [0.25, 0.3) is 22.0 Å². The Kier molecular flexibility index (Phi) is 5.26. The van der Waals surface area contributed by atoms with Gasteiger partial charge in [-0.2, -0.15) is 0 Å². The maximum atomic E-state index is 14.1. The Labute approximate surface area is 157 Å². The fraction of sp³-hybridized carbons (Fsp3) is 0.238. The molecule has 1 atom stereocenters. The molecule has 0 saturated carbocycles. The summed E-state index contributed by atoms with van der Waals surface area (Å²) in [5, 5.41) is 13.6. The smallest absolute Gasteiger partial charge is 0.217 e. The van der Waals surface area contributed by atoms with Crippen LogP contribution in [0.15, 0.2) is 53.7 Å². The summed E-state index contributed by atoms with van der Waals surface area (Å²) in [4.78, 5) is 4.58. The number of benzene rings is 2. The molecule has 0 aliphatic rings. The normalized spacial score (nSPS) is 13.1. The van der Waals surface area contributed by atoms with Crippen molar-refractivity contribution in [2.75, 3.05) is 7.11 Å². The van der Waals surface area contributed by atoms with E-state index in [1.165, 1.54) is 13.2 Å². The molecule has 2 aromatic carbocycles. The van der Waals surface area contributed by atoms with Gasteiger partial charge in [-0.25, -0.2) is 9.37 Å². The minimum absolute atomic E-state index is 0.0808. The molecule has 3 aromatic rings. The van der Waals surface area contributed by atoms with Gasteiger partial charge in [0.1, 0.15) is 11.7 Å². The number of rotatable bonds is 5. The Morgan fingerprint density at radius 1 is 1.19 bits per heavy atom. The summed E-state index contributed by atoms with van der Waals surface area (Å²) in [6.07, 6.45) is 0. The molecule has 0 radical (unpaired) electrons. The van der Waals surface area contributed by atoms with Crippen molar-refractivity contribution in [2.24, 2.45) is 16.8 Å². The molecule has 0 amide bonds. The number of hydrogen-bond acceptors (Lipinski definition) is 4. The van der Waals surface area contributed by atoms with Gasteiger partial charge in [-0.15, -0.1) is 0 Å². The van der Waals surface area contributed by atoms with Crippen LogP contribution in [0.4, 0.5) is 4.39 Å². The lowest BCUT2D eigenvalue weighted by Gasteiger charge is -2.22. The Balaban J connectivity index is 2.10. The van der Waals surface area contributed by atoms with Gasteiger partial charge in [0.25, 0.3) is 0 Å². The number of oxime groups is 1. The second-order valence-electron chi connectivity index (χ2n) is 6.72. The minimum atomic E-state index is -0.333. The number of methoxy groups -OCH3 is 1. The number of pyridine rings is 1. The third-order valence-electron chi connectivity index (χ3n) is 4.64. The predicted octanol–water partition coefficient (Wildman–Crippen LogP) is 4.54. The van der Waals surface area contributed by atoms with Crippen molar-refractivity contribution in [3.8, 4) is 17.1 Å². The number of halogens is 1.